The molecule has 0 radical (unpaired) electrons. The SMILES string of the molecule is CCOc1ccccc1NC(=O)N1CCCC(c2nnc(-c3cccs3)o2)C1. The van der Waals surface area contributed by atoms with Gasteiger partial charge >= 0.3 is 6.03 Å². The Morgan fingerprint density at radius 3 is 3.04 bits per heavy atom. The molecule has 0 spiro atoms. The van der Waals surface area contributed by atoms with Gasteiger partial charge in [-0.15, -0.1) is 21.5 Å². The third-order valence-electron chi connectivity index (χ3n) is 4.66. The minimum atomic E-state index is -0.144. The zero-order valence-corrected chi connectivity index (χ0v) is 16.4. The number of hydrogen-bond acceptors (Lipinski definition) is 6. The van der Waals surface area contributed by atoms with Gasteiger partial charge in [0.25, 0.3) is 5.89 Å². The third kappa shape index (κ3) is 4.01. The topological polar surface area (TPSA) is 80.5 Å². The number of hydrogen-bond donors (Lipinski definition) is 1. The van der Waals surface area contributed by atoms with Gasteiger partial charge < -0.3 is 19.4 Å². The van der Waals surface area contributed by atoms with Gasteiger partial charge in [-0.05, 0) is 43.3 Å². The predicted molar refractivity (Wildman–Crippen MR) is 108 cm³/mol. The van der Waals surface area contributed by atoms with Gasteiger partial charge in [0.05, 0.1) is 23.1 Å². The van der Waals surface area contributed by atoms with Crippen LogP contribution in [0.25, 0.3) is 10.8 Å². The van der Waals surface area contributed by atoms with Crippen LogP contribution >= 0.6 is 11.3 Å². The van der Waals surface area contributed by atoms with Crippen LogP contribution in [0.4, 0.5) is 10.5 Å². The van der Waals surface area contributed by atoms with Crippen molar-refractivity contribution in [2.45, 2.75) is 25.7 Å². The molecule has 0 aliphatic carbocycles. The maximum Gasteiger partial charge on any atom is 0.321 e. The van der Waals surface area contributed by atoms with Crippen LogP contribution in [-0.4, -0.2) is 40.8 Å². The summed E-state index contributed by atoms with van der Waals surface area (Å²) in [5, 5.41) is 13.3. The van der Waals surface area contributed by atoms with Crippen LogP contribution in [0.1, 0.15) is 31.6 Å². The van der Waals surface area contributed by atoms with E-state index in [0.29, 0.717) is 42.9 Å². The molecule has 1 saturated heterocycles. The average Bonchev–Trinajstić information content (AvgIpc) is 3.41. The molecular weight excluding hydrogens is 376 g/mol. The summed E-state index contributed by atoms with van der Waals surface area (Å²) in [6, 6.07) is 11.2. The predicted octanol–water partition coefficient (Wildman–Crippen LogP) is 4.61. The van der Waals surface area contributed by atoms with E-state index in [0.717, 1.165) is 17.7 Å². The fourth-order valence-electron chi connectivity index (χ4n) is 3.31. The second-order valence-electron chi connectivity index (χ2n) is 6.57. The Morgan fingerprint density at radius 2 is 2.21 bits per heavy atom. The maximum absolute atomic E-state index is 12.8. The first-order valence-electron chi connectivity index (χ1n) is 9.39. The smallest absolute Gasteiger partial charge is 0.321 e. The minimum Gasteiger partial charge on any atom is -0.492 e. The average molecular weight is 398 g/mol. The maximum atomic E-state index is 12.8. The number of anilines is 1. The lowest BCUT2D eigenvalue weighted by Crippen LogP contribution is -2.41. The molecule has 1 unspecified atom stereocenters. The zero-order chi connectivity index (χ0) is 19.3. The van der Waals surface area contributed by atoms with E-state index in [-0.39, 0.29) is 11.9 Å². The van der Waals surface area contributed by atoms with Crippen molar-refractivity contribution in [2.75, 3.05) is 25.0 Å². The number of aromatic nitrogens is 2. The van der Waals surface area contributed by atoms with Crippen molar-refractivity contribution in [3.63, 3.8) is 0 Å². The normalized spacial score (nSPS) is 16.8. The number of urea groups is 1. The van der Waals surface area contributed by atoms with Crippen molar-refractivity contribution in [1.29, 1.82) is 0 Å². The van der Waals surface area contributed by atoms with Crippen LogP contribution in [-0.2, 0) is 0 Å². The molecule has 2 aromatic heterocycles. The van der Waals surface area contributed by atoms with Crippen LogP contribution in [0.15, 0.2) is 46.2 Å². The molecule has 28 heavy (non-hydrogen) atoms. The Kier molecular flexibility index (Phi) is 5.57. The molecule has 1 fully saturated rings. The number of thiophene rings is 1. The zero-order valence-electron chi connectivity index (χ0n) is 15.6. The van der Waals surface area contributed by atoms with E-state index in [1.54, 1.807) is 16.2 Å². The van der Waals surface area contributed by atoms with Gasteiger partial charge in [0.15, 0.2) is 0 Å². The quantitative estimate of drug-likeness (QED) is 0.679. The molecule has 2 amide bonds. The van der Waals surface area contributed by atoms with Gasteiger partial charge in [0.2, 0.25) is 5.89 Å². The largest absolute Gasteiger partial charge is 0.492 e. The van der Waals surface area contributed by atoms with Crippen LogP contribution in [0.3, 0.4) is 0 Å². The Morgan fingerprint density at radius 1 is 1.32 bits per heavy atom. The fraction of sp³-hybridized carbons (Fsp3) is 0.350. The number of nitrogens with zero attached hydrogens (tertiary/aromatic N) is 3. The van der Waals surface area contributed by atoms with Crippen molar-refractivity contribution in [1.82, 2.24) is 15.1 Å². The number of amides is 2. The lowest BCUT2D eigenvalue weighted by molar-refractivity contribution is 0.187. The number of para-hydroxylation sites is 2. The van der Waals surface area contributed by atoms with E-state index in [4.69, 9.17) is 9.15 Å². The van der Waals surface area contributed by atoms with Crippen molar-refractivity contribution >= 4 is 23.1 Å². The summed E-state index contributed by atoms with van der Waals surface area (Å²) in [5.41, 5.74) is 0.675. The highest BCUT2D eigenvalue weighted by Gasteiger charge is 2.29. The van der Waals surface area contributed by atoms with E-state index < -0.39 is 0 Å². The van der Waals surface area contributed by atoms with Gasteiger partial charge in [-0.2, -0.15) is 0 Å². The number of rotatable bonds is 5. The highest BCUT2D eigenvalue weighted by atomic mass is 32.1. The summed E-state index contributed by atoms with van der Waals surface area (Å²) >= 11 is 1.57. The van der Waals surface area contributed by atoms with Crippen molar-refractivity contribution in [3.05, 3.63) is 47.7 Å². The number of piperidine rings is 1. The van der Waals surface area contributed by atoms with E-state index in [9.17, 15) is 4.79 Å². The molecule has 1 aliphatic rings. The van der Waals surface area contributed by atoms with Gasteiger partial charge in [0, 0.05) is 13.1 Å². The Labute approximate surface area is 167 Å². The monoisotopic (exact) mass is 398 g/mol. The highest BCUT2D eigenvalue weighted by molar-refractivity contribution is 7.13. The molecule has 3 heterocycles. The molecular formula is C20H22N4O3S. The summed E-state index contributed by atoms with van der Waals surface area (Å²) in [6.45, 7) is 3.71. The first kappa shape index (κ1) is 18.5. The molecule has 1 aliphatic heterocycles. The van der Waals surface area contributed by atoms with Crippen molar-refractivity contribution < 1.29 is 13.9 Å². The first-order chi connectivity index (χ1) is 13.7. The Bertz CT molecular complexity index is 925. The molecule has 0 saturated carbocycles. The second-order valence-corrected chi connectivity index (χ2v) is 7.51. The summed E-state index contributed by atoms with van der Waals surface area (Å²) in [5.74, 6) is 1.85. The molecule has 8 heteroatoms. The summed E-state index contributed by atoms with van der Waals surface area (Å²) < 4.78 is 11.5. The Hall–Kier alpha value is -2.87. The van der Waals surface area contributed by atoms with E-state index >= 15 is 0 Å². The van der Waals surface area contributed by atoms with Gasteiger partial charge in [-0.3, -0.25) is 0 Å². The number of carbonyl (C=O) groups is 1. The number of nitrogens with one attached hydrogen (secondary N) is 1. The van der Waals surface area contributed by atoms with Gasteiger partial charge in [-0.25, -0.2) is 4.79 Å². The van der Waals surface area contributed by atoms with Crippen LogP contribution in [0.2, 0.25) is 0 Å². The molecule has 1 N–H and O–H groups in total. The number of benzene rings is 1. The minimum absolute atomic E-state index is 0.0443. The van der Waals surface area contributed by atoms with E-state index in [2.05, 4.69) is 15.5 Å². The highest BCUT2D eigenvalue weighted by Crippen LogP contribution is 2.31. The van der Waals surface area contributed by atoms with E-state index in [1.807, 2.05) is 48.7 Å². The standard InChI is InChI=1S/C20H22N4O3S/c1-2-26-16-9-4-3-8-15(16)21-20(25)24-11-5-7-14(13-24)18-22-23-19(27-18)17-10-6-12-28-17/h3-4,6,8-10,12,14H,2,5,7,11,13H2,1H3,(H,21,25). The second kappa shape index (κ2) is 8.43. The van der Waals surface area contributed by atoms with Crippen LogP contribution < -0.4 is 10.1 Å². The summed E-state index contributed by atoms with van der Waals surface area (Å²) in [6.07, 6.45) is 1.81. The van der Waals surface area contributed by atoms with Crippen molar-refractivity contribution in [2.24, 2.45) is 0 Å². The molecule has 7 nitrogen and oxygen atoms in total. The van der Waals surface area contributed by atoms with Gasteiger partial charge in [0.1, 0.15) is 5.75 Å². The first-order valence-corrected chi connectivity index (χ1v) is 10.3. The molecule has 0 bridgehead atoms. The van der Waals surface area contributed by atoms with Gasteiger partial charge in [-0.1, -0.05) is 18.2 Å². The number of likely N-dealkylation sites (tertiary alicyclic amines) is 1. The van der Waals surface area contributed by atoms with E-state index in [1.165, 1.54) is 0 Å². The molecule has 146 valence electrons. The van der Waals surface area contributed by atoms with Crippen molar-refractivity contribution in [3.8, 4) is 16.5 Å². The van der Waals surface area contributed by atoms with Crippen LogP contribution in [0.5, 0.6) is 5.75 Å². The number of ether oxygens (including phenoxy) is 1. The lowest BCUT2D eigenvalue weighted by atomic mass is 9.98. The Balaban J connectivity index is 1.43. The molecule has 1 atom stereocenters. The third-order valence-corrected chi connectivity index (χ3v) is 5.52. The molecule has 3 aromatic rings. The molecule has 1 aromatic carbocycles. The summed E-state index contributed by atoms with van der Waals surface area (Å²) in [4.78, 5) is 15.5. The fourth-order valence-corrected chi connectivity index (χ4v) is 3.95. The molecule has 4 rings (SSSR count). The lowest BCUT2D eigenvalue weighted by Gasteiger charge is -2.31. The number of carbonyl (C=O) groups excluding carboxylic acids is 1. The summed E-state index contributed by atoms with van der Waals surface area (Å²) in [7, 11) is 0. The van der Waals surface area contributed by atoms with Crippen LogP contribution in [0, 0.1) is 0 Å².